The van der Waals surface area contributed by atoms with Crippen LogP contribution >= 0.6 is 15.9 Å². The highest BCUT2D eigenvalue weighted by Crippen LogP contribution is 2.23. The van der Waals surface area contributed by atoms with Gasteiger partial charge in [-0.3, -0.25) is 0 Å². The van der Waals surface area contributed by atoms with Crippen LogP contribution in [0.3, 0.4) is 0 Å². The van der Waals surface area contributed by atoms with E-state index in [1.54, 1.807) is 0 Å². The van der Waals surface area contributed by atoms with E-state index in [0.29, 0.717) is 0 Å². The highest BCUT2D eigenvalue weighted by Gasteiger charge is 2.11. The zero-order chi connectivity index (χ0) is 9.68. The minimum atomic E-state index is 0.211. The Morgan fingerprint density at radius 2 is 2.46 bits per heavy atom. The number of nitrogens with one attached hydrogen (secondary N) is 1. The molecule has 1 heterocycles. The third-order valence-corrected chi connectivity index (χ3v) is 2.29. The second-order valence-electron chi connectivity index (χ2n) is 2.73. The van der Waals surface area contributed by atoms with Gasteiger partial charge in [0.2, 0.25) is 0 Å². The molecule has 70 valence electrons. The largest absolute Gasteiger partial charge is 0.453 e. The Hall–Kier alpha value is -0.720. The lowest BCUT2D eigenvalue weighted by molar-refractivity contribution is 0.406. The molecule has 0 aliphatic heterocycles. The number of hydrogen-bond acceptors (Lipinski definition) is 2. The van der Waals surface area contributed by atoms with E-state index >= 15 is 0 Å². The number of terminal acetylenes is 1. The van der Waals surface area contributed by atoms with Crippen LogP contribution in [-0.2, 0) is 0 Å². The van der Waals surface area contributed by atoms with Crippen LogP contribution in [0.1, 0.15) is 24.6 Å². The van der Waals surface area contributed by atoms with Gasteiger partial charge in [-0.1, -0.05) is 0 Å². The maximum absolute atomic E-state index is 5.42. The van der Waals surface area contributed by atoms with E-state index in [0.717, 1.165) is 23.3 Å². The summed E-state index contributed by atoms with van der Waals surface area (Å²) >= 11 is 3.26. The number of halogens is 1. The smallest absolute Gasteiger partial charge is 0.169 e. The van der Waals surface area contributed by atoms with Crippen molar-refractivity contribution in [1.29, 1.82) is 0 Å². The maximum Gasteiger partial charge on any atom is 0.169 e. The van der Waals surface area contributed by atoms with Gasteiger partial charge < -0.3 is 9.73 Å². The fraction of sp³-hybridized carbons (Fsp3) is 0.400. The van der Waals surface area contributed by atoms with E-state index in [9.17, 15) is 0 Å². The second kappa shape index (κ2) is 5.11. The Bertz CT molecular complexity index is 300. The highest BCUT2D eigenvalue weighted by molar-refractivity contribution is 9.10. The Morgan fingerprint density at radius 1 is 1.69 bits per heavy atom. The van der Waals surface area contributed by atoms with Crippen molar-refractivity contribution in [1.82, 2.24) is 5.32 Å². The zero-order valence-corrected chi connectivity index (χ0v) is 9.10. The fourth-order valence-electron chi connectivity index (χ4n) is 1.17. The lowest BCUT2D eigenvalue weighted by Crippen LogP contribution is -2.15. The Balaban J connectivity index is 2.62. The van der Waals surface area contributed by atoms with Crippen molar-refractivity contribution in [2.45, 2.75) is 18.9 Å². The summed E-state index contributed by atoms with van der Waals surface area (Å²) in [7, 11) is 1.90. The van der Waals surface area contributed by atoms with Gasteiger partial charge in [0, 0.05) is 6.42 Å². The number of furan rings is 1. The first kappa shape index (κ1) is 10.4. The summed E-state index contributed by atoms with van der Waals surface area (Å²) in [6.07, 6.45) is 6.85. The molecule has 0 aliphatic rings. The van der Waals surface area contributed by atoms with Crippen molar-refractivity contribution < 1.29 is 4.42 Å². The van der Waals surface area contributed by atoms with E-state index < -0.39 is 0 Å². The summed E-state index contributed by atoms with van der Waals surface area (Å²) in [5.74, 6) is 3.54. The molecule has 0 radical (unpaired) electrons. The van der Waals surface area contributed by atoms with Crippen molar-refractivity contribution in [2.75, 3.05) is 7.05 Å². The van der Waals surface area contributed by atoms with Crippen LogP contribution in [0, 0.1) is 12.3 Å². The van der Waals surface area contributed by atoms with Crippen molar-refractivity contribution in [3.05, 3.63) is 22.6 Å². The van der Waals surface area contributed by atoms with Crippen molar-refractivity contribution >= 4 is 15.9 Å². The summed E-state index contributed by atoms with van der Waals surface area (Å²) in [5.41, 5.74) is 0. The van der Waals surface area contributed by atoms with Gasteiger partial charge in [0.25, 0.3) is 0 Å². The van der Waals surface area contributed by atoms with Crippen molar-refractivity contribution in [2.24, 2.45) is 0 Å². The molecule has 0 aliphatic carbocycles. The van der Waals surface area contributed by atoms with E-state index in [2.05, 4.69) is 27.2 Å². The average Bonchev–Trinajstić information content (AvgIpc) is 2.54. The van der Waals surface area contributed by atoms with Crippen LogP contribution in [0.15, 0.2) is 21.2 Å². The molecule has 1 aromatic heterocycles. The Labute approximate surface area is 86.8 Å². The van der Waals surface area contributed by atoms with Gasteiger partial charge in [0.15, 0.2) is 4.67 Å². The van der Waals surface area contributed by atoms with Gasteiger partial charge in [-0.25, -0.2) is 0 Å². The minimum absolute atomic E-state index is 0.211. The molecule has 3 heteroatoms. The summed E-state index contributed by atoms with van der Waals surface area (Å²) < 4.78 is 6.17. The molecule has 1 aromatic rings. The predicted molar refractivity (Wildman–Crippen MR) is 56.3 cm³/mol. The third kappa shape index (κ3) is 2.91. The molecule has 0 spiro atoms. The second-order valence-corrected chi connectivity index (χ2v) is 3.51. The third-order valence-electron chi connectivity index (χ3n) is 1.86. The molecule has 13 heavy (non-hydrogen) atoms. The molecule has 0 saturated heterocycles. The molecule has 0 saturated carbocycles. The lowest BCUT2D eigenvalue weighted by atomic mass is 10.1. The summed E-state index contributed by atoms with van der Waals surface area (Å²) in [4.78, 5) is 0. The zero-order valence-electron chi connectivity index (χ0n) is 7.51. The first-order chi connectivity index (χ1) is 6.27. The molecule has 1 rings (SSSR count). The van der Waals surface area contributed by atoms with Crippen LogP contribution in [0.4, 0.5) is 0 Å². The van der Waals surface area contributed by atoms with Crippen LogP contribution in [0.5, 0.6) is 0 Å². The van der Waals surface area contributed by atoms with Crippen LogP contribution < -0.4 is 5.32 Å². The lowest BCUT2D eigenvalue weighted by Gasteiger charge is -2.10. The maximum atomic E-state index is 5.42. The van der Waals surface area contributed by atoms with Gasteiger partial charge >= 0.3 is 0 Å². The molecule has 0 amide bonds. The molecule has 0 bridgehead atoms. The summed E-state index contributed by atoms with van der Waals surface area (Å²) in [6.45, 7) is 0. The van der Waals surface area contributed by atoms with E-state index in [1.165, 1.54) is 0 Å². The molecule has 1 unspecified atom stereocenters. The molecule has 0 aromatic carbocycles. The molecule has 0 fully saturated rings. The first-order valence-electron chi connectivity index (χ1n) is 4.14. The van der Waals surface area contributed by atoms with Gasteiger partial charge in [-0.15, -0.1) is 12.3 Å². The van der Waals surface area contributed by atoms with Gasteiger partial charge in [-0.2, -0.15) is 0 Å². The van der Waals surface area contributed by atoms with Crippen molar-refractivity contribution in [3.8, 4) is 12.3 Å². The Morgan fingerprint density at radius 3 is 2.92 bits per heavy atom. The normalized spacial score (nSPS) is 12.4. The molecular weight excluding hydrogens is 230 g/mol. The molecule has 2 nitrogen and oxygen atoms in total. The minimum Gasteiger partial charge on any atom is -0.453 e. The summed E-state index contributed by atoms with van der Waals surface area (Å²) in [5, 5.41) is 3.16. The number of hydrogen-bond donors (Lipinski definition) is 1. The van der Waals surface area contributed by atoms with Crippen molar-refractivity contribution in [3.63, 3.8) is 0 Å². The molecule has 1 atom stereocenters. The Kier molecular flexibility index (Phi) is 4.07. The van der Waals surface area contributed by atoms with Crippen LogP contribution in [0.25, 0.3) is 0 Å². The van der Waals surface area contributed by atoms with E-state index in [-0.39, 0.29) is 6.04 Å². The first-order valence-corrected chi connectivity index (χ1v) is 4.93. The van der Waals surface area contributed by atoms with Crippen LogP contribution in [-0.4, -0.2) is 7.05 Å². The quantitative estimate of drug-likeness (QED) is 0.821. The van der Waals surface area contributed by atoms with E-state index in [1.807, 2.05) is 19.2 Å². The van der Waals surface area contributed by atoms with Crippen LogP contribution in [0.2, 0.25) is 0 Å². The number of rotatable bonds is 4. The monoisotopic (exact) mass is 241 g/mol. The van der Waals surface area contributed by atoms with Gasteiger partial charge in [0.1, 0.15) is 5.76 Å². The molecule has 1 N–H and O–H groups in total. The molecular formula is C10H12BrNO. The SMILES string of the molecule is C#CCCC(NC)c1ccc(Br)o1. The topological polar surface area (TPSA) is 25.2 Å². The summed E-state index contributed by atoms with van der Waals surface area (Å²) in [6, 6.07) is 4.04. The predicted octanol–water partition coefficient (Wildman–Crippen LogP) is 2.72. The van der Waals surface area contributed by atoms with Gasteiger partial charge in [0.05, 0.1) is 6.04 Å². The fourth-order valence-corrected chi connectivity index (χ4v) is 1.49. The highest BCUT2D eigenvalue weighted by atomic mass is 79.9. The average molecular weight is 242 g/mol. The van der Waals surface area contributed by atoms with Gasteiger partial charge in [-0.05, 0) is 41.5 Å². The van der Waals surface area contributed by atoms with E-state index in [4.69, 9.17) is 10.8 Å². The standard InChI is InChI=1S/C10H12BrNO/c1-3-4-5-8(12-2)9-6-7-10(11)13-9/h1,6-8,12H,4-5H2,2H3.